The standard InChI is InChI=1S/C20H19N3O4/c1-27-15-7-2-12(3-8-15)11-23-19(25)16-9-4-13(10-17(16)22-20(23)26)18(24)21-14-5-6-14/h2-4,7-10,14H,5-6,11H2,1H3,(H,21,24)(H,22,26). The Balaban J connectivity index is 1.68. The molecule has 1 aromatic heterocycles. The molecule has 1 saturated carbocycles. The Kier molecular flexibility index (Phi) is 4.27. The minimum absolute atomic E-state index is 0.151. The first-order valence-electron chi connectivity index (χ1n) is 8.76. The maximum atomic E-state index is 12.8. The van der Waals surface area contributed by atoms with E-state index in [0.29, 0.717) is 22.2 Å². The number of benzene rings is 2. The van der Waals surface area contributed by atoms with E-state index < -0.39 is 11.2 Å². The number of fused-ring (bicyclic) bond motifs is 1. The Morgan fingerprint density at radius 1 is 1.19 bits per heavy atom. The van der Waals surface area contributed by atoms with Gasteiger partial charge in [0, 0.05) is 11.6 Å². The smallest absolute Gasteiger partial charge is 0.329 e. The average Bonchev–Trinajstić information content (AvgIpc) is 3.49. The first kappa shape index (κ1) is 17.1. The van der Waals surface area contributed by atoms with Crippen molar-refractivity contribution in [3.05, 3.63) is 74.4 Å². The van der Waals surface area contributed by atoms with Gasteiger partial charge in [0.2, 0.25) is 0 Å². The SMILES string of the molecule is COc1ccc(Cn2c(=O)[nH]c3cc(C(=O)NC4CC4)ccc3c2=O)cc1. The topological polar surface area (TPSA) is 93.2 Å². The minimum atomic E-state index is -0.511. The van der Waals surface area contributed by atoms with E-state index in [2.05, 4.69) is 10.3 Å². The summed E-state index contributed by atoms with van der Waals surface area (Å²) < 4.78 is 6.26. The summed E-state index contributed by atoms with van der Waals surface area (Å²) in [5, 5.41) is 3.26. The van der Waals surface area contributed by atoms with Crippen molar-refractivity contribution < 1.29 is 9.53 Å². The molecule has 0 spiro atoms. The summed E-state index contributed by atoms with van der Waals surface area (Å²) in [5.74, 6) is 0.512. The van der Waals surface area contributed by atoms with Crippen LogP contribution < -0.4 is 21.3 Å². The zero-order chi connectivity index (χ0) is 19.0. The number of nitrogens with zero attached hydrogens (tertiary/aromatic N) is 1. The van der Waals surface area contributed by atoms with Crippen LogP contribution in [0.15, 0.2) is 52.1 Å². The normalized spacial score (nSPS) is 13.5. The van der Waals surface area contributed by atoms with Gasteiger partial charge >= 0.3 is 5.69 Å². The van der Waals surface area contributed by atoms with Crippen LogP contribution in [-0.2, 0) is 6.54 Å². The second-order valence-electron chi connectivity index (χ2n) is 6.68. The van der Waals surface area contributed by atoms with Gasteiger partial charge in [0.05, 0.1) is 24.6 Å². The lowest BCUT2D eigenvalue weighted by atomic mass is 10.1. The summed E-state index contributed by atoms with van der Waals surface area (Å²) in [6.45, 7) is 0.151. The Bertz CT molecular complexity index is 1120. The number of aromatic nitrogens is 2. The number of methoxy groups -OCH3 is 1. The molecule has 7 nitrogen and oxygen atoms in total. The molecule has 2 aromatic carbocycles. The van der Waals surface area contributed by atoms with Crippen molar-refractivity contribution in [3.63, 3.8) is 0 Å². The van der Waals surface area contributed by atoms with E-state index in [1.54, 1.807) is 49.6 Å². The molecule has 1 heterocycles. The van der Waals surface area contributed by atoms with Gasteiger partial charge in [-0.1, -0.05) is 12.1 Å². The van der Waals surface area contributed by atoms with E-state index in [9.17, 15) is 14.4 Å². The van der Waals surface area contributed by atoms with Gasteiger partial charge in [-0.05, 0) is 48.7 Å². The molecule has 1 aliphatic carbocycles. The monoisotopic (exact) mass is 365 g/mol. The number of carbonyl (C=O) groups is 1. The molecule has 7 heteroatoms. The molecule has 3 aromatic rings. The zero-order valence-corrected chi connectivity index (χ0v) is 14.8. The average molecular weight is 365 g/mol. The maximum absolute atomic E-state index is 12.8. The molecule has 0 unspecified atom stereocenters. The van der Waals surface area contributed by atoms with Gasteiger partial charge in [0.25, 0.3) is 11.5 Å². The molecule has 4 rings (SSSR count). The Hall–Kier alpha value is -3.35. The minimum Gasteiger partial charge on any atom is -0.497 e. The van der Waals surface area contributed by atoms with Gasteiger partial charge in [-0.3, -0.25) is 14.2 Å². The van der Waals surface area contributed by atoms with E-state index in [1.807, 2.05) is 0 Å². The highest BCUT2D eigenvalue weighted by Gasteiger charge is 2.24. The third-order valence-electron chi connectivity index (χ3n) is 4.66. The lowest BCUT2D eigenvalue weighted by molar-refractivity contribution is 0.0951. The van der Waals surface area contributed by atoms with Crippen molar-refractivity contribution in [3.8, 4) is 5.75 Å². The van der Waals surface area contributed by atoms with E-state index in [4.69, 9.17) is 4.74 Å². The van der Waals surface area contributed by atoms with Crippen molar-refractivity contribution in [2.24, 2.45) is 0 Å². The number of carbonyl (C=O) groups excluding carboxylic acids is 1. The number of hydrogen-bond donors (Lipinski definition) is 2. The van der Waals surface area contributed by atoms with Gasteiger partial charge in [0.15, 0.2) is 0 Å². The largest absolute Gasteiger partial charge is 0.497 e. The summed E-state index contributed by atoms with van der Waals surface area (Å²) in [4.78, 5) is 40.1. The Morgan fingerprint density at radius 2 is 1.93 bits per heavy atom. The van der Waals surface area contributed by atoms with Gasteiger partial charge < -0.3 is 15.0 Å². The second-order valence-corrected chi connectivity index (χ2v) is 6.68. The molecule has 0 radical (unpaired) electrons. The third kappa shape index (κ3) is 3.48. The summed E-state index contributed by atoms with van der Waals surface area (Å²) in [6.07, 6.45) is 1.98. The molecule has 138 valence electrons. The molecular weight excluding hydrogens is 346 g/mol. The summed E-state index contributed by atoms with van der Waals surface area (Å²) in [7, 11) is 1.58. The van der Waals surface area contributed by atoms with Gasteiger partial charge in [-0.25, -0.2) is 4.79 Å². The van der Waals surface area contributed by atoms with Crippen LogP contribution in [0.1, 0.15) is 28.8 Å². The third-order valence-corrected chi connectivity index (χ3v) is 4.66. The molecule has 1 amide bonds. The molecular formula is C20H19N3O4. The summed E-state index contributed by atoms with van der Waals surface area (Å²) >= 11 is 0. The van der Waals surface area contributed by atoms with Crippen LogP contribution in [-0.4, -0.2) is 28.6 Å². The van der Waals surface area contributed by atoms with Crippen LogP contribution in [0.25, 0.3) is 10.9 Å². The number of rotatable bonds is 5. The molecule has 27 heavy (non-hydrogen) atoms. The number of ether oxygens (including phenoxy) is 1. The quantitative estimate of drug-likeness (QED) is 0.719. The number of H-pyrrole nitrogens is 1. The highest BCUT2D eigenvalue weighted by molar-refractivity contribution is 5.97. The fraction of sp³-hybridized carbons (Fsp3) is 0.250. The highest BCUT2D eigenvalue weighted by atomic mass is 16.5. The van der Waals surface area contributed by atoms with Crippen LogP contribution in [0.2, 0.25) is 0 Å². The lowest BCUT2D eigenvalue weighted by Crippen LogP contribution is -2.35. The lowest BCUT2D eigenvalue weighted by Gasteiger charge is -2.09. The predicted molar refractivity (Wildman–Crippen MR) is 101 cm³/mol. The zero-order valence-electron chi connectivity index (χ0n) is 14.8. The van der Waals surface area contributed by atoms with Crippen molar-refractivity contribution in [1.29, 1.82) is 0 Å². The second kappa shape index (κ2) is 6.75. The first-order valence-corrected chi connectivity index (χ1v) is 8.76. The summed E-state index contributed by atoms with van der Waals surface area (Å²) in [5.41, 5.74) is 0.696. The molecule has 0 bridgehead atoms. The molecule has 2 N–H and O–H groups in total. The van der Waals surface area contributed by atoms with Crippen LogP contribution in [0, 0.1) is 0 Å². The highest BCUT2D eigenvalue weighted by Crippen LogP contribution is 2.20. The van der Waals surface area contributed by atoms with Crippen molar-refractivity contribution in [1.82, 2.24) is 14.9 Å². The number of hydrogen-bond acceptors (Lipinski definition) is 4. The Morgan fingerprint density at radius 3 is 2.59 bits per heavy atom. The summed E-state index contributed by atoms with van der Waals surface area (Å²) in [6, 6.07) is 12.1. The van der Waals surface area contributed by atoms with Crippen LogP contribution >= 0.6 is 0 Å². The Labute approximate surface area is 154 Å². The van der Waals surface area contributed by atoms with Crippen LogP contribution in [0.5, 0.6) is 5.75 Å². The van der Waals surface area contributed by atoms with E-state index in [0.717, 1.165) is 23.0 Å². The van der Waals surface area contributed by atoms with Gasteiger partial charge in [-0.2, -0.15) is 0 Å². The van der Waals surface area contributed by atoms with Gasteiger partial charge in [0.1, 0.15) is 5.75 Å². The van der Waals surface area contributed by atoms with Gasteiger partial charge in [-0.15, -0.1) is 0 Å². The maximum Gasteiger partial charge on any atom is 0.329 e. The van der Waals surface area contributed by atoms with Crippen LogP contribution in [0.3, 0.4) is 0 Å². The van der Waals surface area contributed by atoms with Crippen molar-refractivity contribution in [2.45, 2.75) is 25.4 Å². The van der Waals surface area contributed by atoms with Crippen molar-refractivity contribution in [2.75, 3.05) is 7.11 Å². The first-order chi connectivity index (χ1) is 13.0. The molecule has 1 aliphatic rings. The predicted octanol–water partition coefficient (Wildman–Crippen LogP) is 1.64. The molecule has 0 atom stereocenters. The van der Waals surface area contributed by atoms with Crippen molar-refractivity contribution >= 4 is 16.8 Å². The van der Waals surface area contributed by atoms with E-state index in [-0.39, 0.29) is 18.5 Å². The number of nitrogens with one attached hydrogen (secondary N) is 2. The molecule has 0 aliphatic heterocycles. The van der Waals surface area contributed by atoms with E-state index in [1.165, 1.54) is 0 Å². The molecule has 1 fully saturated rings. The fourth-order valence-electron chi connectivity index (χ4n) is 2.95. The van der Waals surface area contributed by atoms with E-state index >= 15 is 0 Å². The molecule has 0 saturated heterocycles. The van der Waals surface area contributed by atoms with Crippen LogP contribution in [0.4, 0.5) is 0 Å². The number of aromatic amines is 1. The number of amides is 1. The fourth-order valence-corrected chi connectivity index (χ4v) is 2.95.